The van der Waals surface area contributed by atoms with E-state index < -0.39 is 15.3 Å². The van der Waals surface area contributed by atoms with Crippen LogP contribution in [0.2, 0.25) is 0 Å². The summed E-state index contributed by atoms with van der Waals surface area (Å²) in [7, 11) is -3.23. The molecule has 1 saturated heterocycles. The summed E-state index contributed by atoms with van der Waals surface area (Å²) < 4.78 is 26.9. The Bertz CT molecular complexity index is 956. The highest BCUT2D eigenvalue weighted by atomic mass is 32.2. The van der Waals surface area contributed by atoms with Gasteiger partial charge in [0.15, 0.2) is 0 Å². The van der Waals surface area contributed by atoms with Crippen molar-refractivity contribution in [3.8, 4) is 0 Å². The molecule has 0 spiro atoms. The van der Waals surface area contributed by atoms with Crippen LogP contribution in [0.4, 0.5) is 5.82 Å². The Balaban J connectivity index is 1.89. The van der Waals surface area contributed by atoms with E-state index in [1.807, 2.05) is 13.8 Å². The molecule has 158 valence electrons. The summed E-state index contributed by atoms with van der Waals surface area (Å²) in [5.41, 5.74) is 4.58. The molecule has 7 heteroatoms. The van der Waals surface area contributed by atoms with Gasteiger partial charge in [-0.2, -0.15) is 4.31 Å². The van der Waals surface area contributed by atoms with Crippen LogP contribution in [-0.2, 0) is 16.4 Å². The maximum absolute atomic E-state index is 12.6. The van der Waals surface area contributed by atoms with Crippen LogP contribution in [0.5, 0.6) is 0 Å². The Morgan fingerprint density at radius 2 is 1.66 bits per heavy atom. The van der Waals surface area contributed by atoms with Crippen LogP contribution in [0.15, 0.2) is 24.3 Å². The smallest absolute Gasteiger partial charge is 0.216 e. The molecule has 0 bridgehead atoms. The van der Waals surface area contributed by atoms with Gasteiger partial charge in [-0.3, -0.25) is 0 Å². The minimum absolute atomic E-state index is 0.394. The standard InChI is InChI=1S/C22H32N4O2S/c1-16(2)29(27,28)26-12-6-11-25(13-14-26)22-21(18(4)23-19(5)24-22)15-20-9-7-17(3)8-10-20/h7-10,16H,6,11-15H2,1-5H3. The van der Waals surface area contributed by atoms with Crippen molar-refractivity contribution in [2.24, 2.45) is 0 Å². The first-order chi connectivity index (χ1) is 13.7. The van der Waals surface area contributed by atoms with Gasteiger partial charge in [0.25, 0.3) is 0 Å². The van der Waals surface area contributed by atoms with E-state index in [0.29, 0.717) is 19.6 Å². The molecule has 0 unspecified atom stereocenters. The van der Waals surface area contributed by atoms with E-state index in [0.717, 1.165) is 42.3 Å². The van der Waals surface area contributed by atoms with Crippen molar-refractivity contribution in [3.05, 3.63) is 52.5 Å². The number of aromatic nitrogens is 2. The molecule has 2 aromatic rings. The third-order valence-corrected chi connectivity index (χ3v) is 7.79. The van der Waals surface area contributed by atoms with E-state index in [9.17, 15) is 8.42 Å². The van der Waals surface area contributed by atoms with E-state index in [4.69, 9.17) is 4.98 Å². The van der Waals surface area contributed by atoms with Crippen LogP contribution in [0.25, 0.3) is 0 Å². The highest BCUT2D eigenvalue weighted by Crippen LogP contribution is 2.26. The van der Waals surface area contributed by atoms with E-state index in [-0.39, 0.29) is 0 Å². The average molecular weight is 417 g/mol. The second-order valence-corrected chi connectivity index (χ2v) is 10.6. The average Bonchev–Trinajstić information content (AvgIpc) is 2.92. The Kier molecular flexibility index (Phi) is 6.58. The molecule has 0 aliphatic carbocycles. The summed E-state index contributed by atoms with van der Waals surface area (Å²) in [6.45, 7) is 12.0. The summed E-state index contributed by atoms with van der Waals surface area (Å²) >= 11 is 0. The van der Waals surface area contributed by atoms with Crippen LogP contribution in [0, 0.1) is 20.8 Å². The molecule has 0 saturated carbocycles. The van der Waals surface area contributed by atoms with Crippen molar-refractivity contribution in [2.75, 3.05) is 31.1 Å². The van der Waals surface area contributed by atoms with Crippen molar-refractivity contribution in [1.82, 2.24) is 14.3 Å². The van der Waals surface area contributed by atoms with Crippen LogP contribution in [0.1, 0.15) is 48.5 Å². The molecule has 0 radical (unpaired) electrons. The predicted molar refractivity (Wildman–Crippen MR) is 118 cm³/mol. The Hall–Kier alpha value is -1.99. The van der Waals surface area contributed by atoms with Crippen molar-refractivity contribution in [1.29, 1.82) is 0 Å². The van der Waals surface area contributed by atoms with Gasteiger partial charge >= 0.3 is 0 Å². The maximum atomic E-state index is 12.6. The largest absolute Gasteiger partial charge is 0.355 e. The first-order valence-corrected chi connectivity index (χ1v) is 11.8. The van der Waals surface area contributed by atoms with Gasteiger partial charge in [0.2, 0.25) is 10.0 Å². The third kappa shape index (κ3) is 4.95. The Morgan fingerprint density at radius 3 is 2.31 bits per heavy atom. The van der Waals surface area contributed by atoms with Crippen molar-refractivity contribution < 1.29 is 8.42 Å². The first-order valence-electron chi connectivity index (χ1n) is 10.3. The van der Waals surface area contributed by atoms with Gasteiger partial charge in [0, 0.05) is 43.9 Å². The third-order valence-electron chi connectivity index (χ3n) is 5.52. The number of sulfonamides is 1. The number of nitrogens with zero attached hydrogens (tertiary/aromatic N) is 4. The minimum atomic E-state index is -3.23. The normalized spacial score (nSPS) is 16.3. The zero-order chi connectivity index (χ0) is 21.2. The lowest BCUT2D eigenvalue weighted by molar-refractivity contribution is 0.427. The number of benzene rings is 1. The zero-order valence-corrected chi connectivity index (χ0v) is 19.0. The Labute approximate surface area is 175 Å². The fourth-order valence-corrected chi connectivity index (χ4v) is 5.07. The molecular weight excluding hydrogens is 384 g/mol. The van der Waals surface area contributed by atoms with Crippen molar-refractivity contribution >= 4 is 15.8 Å². The van der Waals surface area contributed by atoms with Gasteiger partial charge in [-0.05, 0) is 46.6 Å². The fourth-order valence-electron chi connectivity index (χ4n) is 3.75. The molecular formula is C22H32N4O2S. The monoisotopic (exact) mass is 416 g/mol. The molecule has 0 N–H and O–H groups in total. The molecule has 1 aliphatic rings. The quantitative estimate of drug-likeness (QED) is 0.749. The summed E-state index contributed by atoms with van der Waals surface area (Å²) in [4.78, 5) is 11.6. The van der Waals surface area contributed by atoms with Crippen LogP contribution in [0.3, 0.4) is 0 Å². The molecule has 6 nitrogen and oxygen atoms in total. The lowest BCUT2D eigenvalue weighted by Gasteiger charge is -2.26. The maximum Gasteiger partial charge on any atom is 0.216 e. The highest BCUT2D eigenvalue weighted by molar-refractivity contribution is 7.89. The predicted octanol–water partition coefficient (Wildman–Crippen LogP) is 3.24. The molecule has 0 atom stereocenters. The van der Waals surface area contributed by atoms with Crippen LogP contribution >= 0.6 is 0 Å². The summed E-state index contributed by atoms with van der Waals surface area (Å²) in [6.07, 6.45) is 1.56. The first kappa shape index (κ1) is 21.7. The number of hydrogen-bond acceptors (Lipinski definition) is 5. The van der Waals surface area contributed by atoms with Gasteiger partial charge in [0.1, 0.15) is 11.6 Å². The zero-order valence-electron chi connectivity index (χ0n) is 18.1. The second-order valence-electron chi connectivity index (χ2n) is 8.15. The van der Waals surface area contributed by atoms with Crippen molar-refractivity contribution in [3.63, 3.8) is 0 Å². The van der Waals surface area contributed by atoms with Crippen molar-refractivity contribution in [2.45, 2.75) is 52.7 Å². The second kappa shape index (κ2) is 8.79. The highest BCUT2D eigenvalue weighted by Gasteiger charge is 2.29. The summed E-state index contributed by atoms with van der Waals surface area (Å²) in [5, 5.41) is -0.394. The van der Waals surface area contributed by atoms with E-state index in [1.54, 1.807) is 18.2 Å². The van der Waals surface area contributed by atoms with Gasteiger partial charge in [-0.15, -0.1) is 0 Å². The lowest BCUT2D eigenvalue weighted by atomic mass is 10.0. The molecule has 1 aromatic carbocycles. The number of rotatable bonds is 5. The molecule has 1 fully saturated rings. The molecule has 1 aliphatic heterocycles. The fraction of sp³-hybridized carbons (Fsp3) is 0.545. The molecule has 1 aromatic heterocycles. The minimum Gasteiger partial charge on any atom is -0.355 e. The topological polar surface area (TPSA) is 66.4 Å². The van der Waals surface area contributed by atoms with Crippen LogP contribution in [-0.4, -0.2) is 54.1 Å². The summed E-state index contributed by atoms with van der Waals surface area (Å²) in [5.74, 6) is 1.69. The van der Waals surface area contributed by atoms with Gasteiger partial charge in [-0.1, -0.05) is 29.8 Å². The van der Waals surface area contributed by atoms with Gasteiger partial charge in [-0.25, -0.2) is 18.4 Å². The van der Waals surface area contributed by atoms with Gasteiger partial charge < -0.3 is 4.90 Å². The molecule has 2 heterocycles. The Morgan fingerprint density at radius 1 is 0.966 bits per heavy atom. The lowest BCUT2D eigenvalue weighted by Crippen LogP contribution is -2.39. The summed E-state index contributed by atoms with van der Waals surface area (Å²) in [6, 6.07) is 8.55. The number of hydrogen-bond donors (Lipinski definition) is 0. The number of anilines is 1. The molecule has 3 rings (SSSR count). The molecule has 29 heavy (non-hydrogen) atoms. The van der Waals surface area contributed by atoms with E-state index in [2.05, 4.69) is 41.1 Å². The van der Waals surface area contributed by atoms with E-state index in [1.165, 1.54) is 11.1 Å². The SMILES string of the molecule is Cc1ccc(Cc2c(C)nc(C)nc2N2CCCN(S(=O)(=O)C(C)C)CC2)cc1. The molecule has 0 amide bonds. The van der Waals surface area contributed by atoms with Crippen LogP contribution < -0.4 is 4.90 Å². The van der Waals surface area contributed by atoms with Gasteiger partial charge in [0.05, 0.1) is 5.25 Å². The van der Waals surface area contributed by atoms with E-state index >= 15 is 0 Å². The number of aryl methyl sites for hydroxylation is 3.